The molecule has 5 heteroatoms. The summed E-state index contributed by atoms with van der Waals surface area (Å²) >= 11 is 0. The number of aryl methyl sites for hydroxylation is 3. The van der Waals surface area contributed by atoms with Gasteiger partial charge in [-0.25, -0.2) is 9.97 Å². The van der Waals surface area contributed by atoms with Gasteiger partial charge in [0.1, 0.15) is 5.69 Å². The number of aromatic nitrogens is 2. The third-order valence-corrected chi connectivity index (χ3v) is 4.50. The lowest BCUT2D eigenvalue weighted by atomic mass is 10.0. The molecule has 0 aliphatic carbocycles. The van der Waals surface area contributed by atoms with E-state index in [1.54, 1.807) is 11.0 Å². The first-order chi connectivity index (χ1) is 12.5. The number of hydrogen-bond donors (Lipinski definition) is 1. The van der Waals surface area contributed by atoms with E-state index in [1.165, 1.54) is 11.1 Å². The van der Waals surface area contributed by atoms with Gasteiger partial charge in [-0.2, -0.15) is 0 Å². The SMILES string of the molecule is CCCCN(C)C(=O)c1cc(C)nc(Nc2c(CC)cccc2CC)n1. The van der Waals surface area contributed by atoms with Crippen LogP contribution >= 0.6 is 0 Å². The molecular formula is C21H30N4O. The summed E-state index contributed by atoms with van der Waals surface area (Å²) in [5, 5.41) is 3.37. The number of rotatable bonds is 8. The van der Waals surface area contributed by atoms with E-state index in [0.717, 1.165) is 43.6 Å². The van der Waals surface area contributed by atoms with Gasteiger partial charge in [0.05, 0.1) is 0 Å². The van der Waals surface area contributed by atoms with Crippen LogP contribution in [0.25, 0.3) is 0 Å². The van der Waals surface area contributed by atoms with Crippen LogP contribution in [0.2, 0.25) is 0 Å². The fraction of sp³-hybridized carbons (Fsp3) is 0.476. The average molecular weight is 354 g/mol. The first-order valence-electron chi connectivity index (χ1n) is 9.49. The molecule has 0 aliphatic heterocycles. The van der Waals surface area contributed by atoms with Gasteiger partial charge in [-0.3, -0.25) is 4.79 Å². The average Bonchev–Trinajstić information content (AvgIpc) is 2.65. The molecule has 0 spiro atoms. The summed E-state index contributed by atoms with van der Waals surface area (Å²) in [4.78, 5) is 23.4. The van der Waals surface area contributed by atoms with Crippen molar-refractivity contribution in [2.75, 3.05) is 18.9 Å². The molecule has 1 aromatic heterocycles. The van der Waals surface area contributed by atoms with Crippen molar-refractivity contribution in [3.63, 3.8) is 0 Å². The second-order valence-electron chi connectivity index (χ2n) is 6.58. The van der Waals surface area contributed by atoms with Crippen molar-refractivity contribution in [2.45, 2.75) is 53.4 Å². The molecule has 0 saturated carbocycles. The third-order valence-electron chi connectivity index (χ3n) is 4.50. The van der Waals surface area contributed by atoms with E-state index in [0.29, 0.717) is 11.6 Å². The molecule has 140 valence electrons. The highest BCUT2D eigenvalue weighted by atomic mass is 16.2. The normalized spacial score (nSPS) is 10.7. The largest absolute Gasteiger partial charge is 0.340 e. The van der Waals surface area contributed by atoms with Crippen LogP contribution in [0.5, 0.6) is 0 Å². The van der Waals surface area contributed by atoms with Crippen LogP contribution < -0.4 is 5.32 Å². The van der Waals surface area contributed by atoms with Gasteiger partial charge >= 0.3 is 0 Å². The van der Waals surface area contributed by atoms with E-state index in [-0.39, 0.29) is 5.91 Å². The van der Waals surface area contributed by atoms with Gasteiger partial charge in [0.2, 0.25) is 5.95 Å². The van der Waals surface area contributed by atoms with Crippen LogP contribution in [0.1, 0.15) is 60.9 Å². The van der Waals surface area contributed by atoms with Crippen molar-refractivity contribution >= 4 is 17.5 Å². The van der Waals surface area contributed by atoms with Gasteiger partial charge in [-0.05, 0) is 43.4 Å². The van der Waals surface area contributed by atoms with Gasteiger partial charge in [0.15, 0.2) is 0 Å². The molecule has 1 amide bonds. The van der Waals surface area contributed by atoms with Crippen molar-refractivity contribution in [1.82, 2.24) is 14.9 Å². The molecule has 26 heavy (non-hydrogen) atoms. The summed E-state index contributed by atoms with van der Waals surface area (Å²) in [6.07, 6.45) is 3.89. The number of benzene rings is 1. The van der Waals surface area contributed by atoms with Gasteiger partial charge in [-0.1, -0.05) is 45.4 Å². The molecule has 0 bridgehead atoms. The van der Waals surface area contributed by atoms with Gasteiger partial charge in [-0.15, -0.1) is 0 Å². The topological polar surface area (TPSA) is 58.1 Å². The summed E-state index contributed by atoms with van der Waals surface area (Å²) in [6, 6.07) is 8.06. The monoisotopic (exact) mass is 354 g/mol. The number of amides is 1. The first-order valence-corrected chi connectivity index (χ1v) is 9.49. The molecule has 0 radical (unpaired) electrons. The van der Waals surface area contributed by atoms with Crippen molar-refractivity contribution < 1.29 is 4.79 Å². The number of carbonyl (C=O) groups excluding carboxylic acids is 1. The van der Waals surface area contributed by atoms with E-state index < -0.39 is 0 Å². The van der Waals surface area contributed by atoms with Crippen molar-refractivity contribution in [3.05, 3.63) is 46.8 Å². The van der Waals surface area contributed by atoms with Crippen molar-refractivity contribution in [2.24, 2.45) is 0 Å². The second kappa shape index (κ2) is 9.32. The number of anilines is 2. The van der Waals surface area contributed by atoms with E-state index in [9.17, 15) is 4.79 Å². The molecule has 0 saturated heterocycles. The lowest BCUT2D eigenvalue weighted by Crippen LogP contribution is -2.28. The minimum atomic E-state index is -0.0634. The van der Waals surface area contributed by atoms with Crippen LogP contribution in [-0.4, -0.2) is 34.4 Å². The van der Waals surface area contributed by atoms with E-state index >= 15 is 0 Å². The lowest BCUT2D eigenvalue weighted by molar-refractivity contribution is 0.0787. The minimum Gasteiger partial charge on any atom is -0.340 e. The Kier molecular flexibility index (Phi) is 7.13. The molecule has 0 unspecified atom stereocenters. The molecule has 5 nitrogen and oxygen atoms in total. The summed E-state index contributed by atoms with van der Waals surface area (Å²) in [5.41, 5.74) is 4.72. The zero-order valence-corrected chi connectivity index (χ0v) is 16.6. The van der Waals surface area contributed by atoms with Crippen molar-refractivity contribution in [3.8, 4) is 0 Å². The number of hydrogen-bond acceptors (Lipinski definition) is 4. The van der Waals surface area contributed by atoms with Crippen LogP contribution in [0, 0.1) is 6.92 Å². The first kappa shape index (κ1) is 19.9. The molecule has 2 rings (SSSR count). The van der Waals surface area contributed by atoms with Crippen LogP contribution in [-0.2, 0) is 12.8 Å². The Morgan fingerprint density at radius 2 is 1.77 bits per heavy atom. The zero-order chi connectivity index (χ0) is 19.1. The van der Waals surface area contributed by atoms with E-state index in [2.05, 4.69) is 54.3 Å². The smallest absolute Gasteiger partial charge is 0.272 e. The fourth-order valence-electron chi connectivity index (χ4n) is 2.94. The summed E-state index contributed by atoms with van der Waals surface area (Å²) < 4.78 is 0. The molecule has 0 atom stereocenters. The Labute approximate surface area is 156 Å². The molecule has 0 fully saturated rings. The highest BCUT2D eigenvalue weighted by Crippen LogP contribution is 2.25. The zero-order valence-electron chi connectivity index (χ0n) is 16.6. The standard InChI is InChI=1S/C21H30N4O/c1-6-9-13-25(5)20(26)18-14-15(4)22-21(23-18)24-19-16(7-2)11-10-12-17(19)8-3/h10-12,14H,6-9,13H2,1-5H3,(H,22,23,24). The Hall–Kier alpha value is -2.43. The second-order valence-corrected chi connectivity index (χ2v) is 6.58. The predicted octanol–water partition coefficient (Wildman–Crippen LogP) is 4.53. The van der Waals surface area contributed by atoms with Crippen LogP contribution in [0.15, 0.2) is 24.3 Å². The quantitative estimate of drug-likeness (QED) is 0.757. The molecule has 1 aromatic carbocycles. The van der Waals surface area contributed by atoms with Gasteiger partial charge in [0.25, 0.3) is 5.91 Å². The van der Waals surface area contributed by atoms with Crippen molar-refractivity contribution in [1.29, 1.82) is 0 Å². The van der Waals surface area contributed by atoms with E-state index in [4.69, 9.17) is 0 Å². The number of para-hydroxylation sites is 1. The lowest BCUT2D eigenvalue weighted by Gasteiger charge is -2.18. The summed E-state index contributed by atoms with van der Waals surface area (Å²) in [7, 11) is 1.82. The van der Waals surface area contributed by atoms with Crippen LogP contribution in [0.3, 0.4) is 0 Å². The molecule has 1 N–H and O–H groups in total. The number of carbonyl (C=O) groups is 1. The molecule has 2 aromatic rings. The summed E-state index contributed by atoms with van der Waals surface area (Å²) in [5.74, 6) is 0.416. The highest BCUT2D eigenvalue weighted by molar-refractivity contribution is 5.92. The number of unbranched alkanes of at least 4 members (excludes halogenated alkanes) is 1. The predicted molar refractivity (Wildman–Crippen MR) is 107 cm³/mol. The highest BCUT2D eigenvalue weighted by Gasteiger charge is 2.16. The van der Waals surface area contributed by atoms with Gasteiger partial charge in [0, 0.05) is 25.0 Å². The Balaban J connectivity index is 2.32. The number of nitrogens with zero attached hydrogens (tertiary/aromatic N) is 3. The maximum Gasteiger partial charge on any atom is 0.272 e. The maximum absolute atomic E-state index is 12.7. The minimum absolute atomic E-state index is 0.0634. The van der Waals surface area contributed by atoms with Crippen LogP contribution in [0.4, 0.5) is 11.6 Å². The summed E-state index contributed by atoms with van der Waals surface area (Å²) in [6.45, 7) is 9.01. The van der Waals surface area contributed by atoms with E-state index in [1.807, 2.05) is 14.0 Å². The van der Waals surface area contributed by atoms with Gasteiger partial charge < -0.3 is 10.2 Å². The fourth-order valence-corrected chi connectivity index (χ4v) is 2.94. The molecule has 1 heterocycles. The molecular weight excluding hydrogens is 324 g/mol. The Morgan fingerprint density at radius 3 is 2.35 bits per heavy atom. The maximum atomic E-state index is 12.7. The molecule has 0 aliphatic rings. The Bertz CT molecular complexity index is 735. The third kappa shape index (κ3) is 4.81. The number of nitrogens with one attached hydrogen (secondary N) is 1. The Morgan fingerprint density at radius 1 is 1.12 bits per heavy atom.